The average Bonchev–Trinajstić information content (AvgIpc) is 3.07. The molecule has 0 fully saturated rings. The molecule has 284 valence electrons. The van der Waals surface area contributed by atoms with Gasteiger partial charge in [-0.25, -0.2) is 0 Å². The maximum Gasteiger partial charge on any atom is 0.305 e. The first-order valence-electron chi connectivity index (χ1n) is 18.8. The largest absolute Gasteiger partial charge is 0.545 e. The maximum absolute atomic E-state index is 12.0. The van der Waals surface area contributed by atoms with Crippen LogP contribution in [0.2, 0.25) is 0 Å². The standard InChI is InChI=1S/C42H69NO7/c1-5-6-7-8-9-10-11-12-13-14-15-16-17-18-19-20-21-22-23-24-25-26-27-28-29-30-31-32-33-34-40(45)49-37-39(44)38-50-42(41(46)47)48-36-35-43(2,3)4/h6-7,9-10,12-13,15-16,18-19,21-22,24-25,39,42,44H,5,8,11,14,17,20,23,26-38H2,1-4H3/b7-6-,10-9-,13-12-,16-15-,19-18-,22-21-,25-24-. The third-order valence-electron chi connectivity index (χ3n) is 7.39. The molecule has 8 nitrogen and oxygen atoms in total. The second-order valence-corrected chi connectivity index (χ2v) is 13.3. The number of carbonyl (C=O) groups is 2. The zero-order chi connectivity index (χ0) is 37.0. The highest BCUT2D eigenvalue weighted by atomic mass is 16.7. The number of aliphatic hydroxyl groups is 1. The van der Waals surface area contributed by atoms with Crippen molar-refractivity contribution in [1.29, 1.82) is 0 Å². The Labute approximate surface area is 304 Å². The van der Waals surface area contributed by atoms with Gasteiger partial charge in [0.2, 0.25) is 0 Å². The minimum absolute atomic E-state index is 0.164. The molecule has 0 aliphatic rings. The normalized spacial score (nSPS) is 14.2. The molecule has 0 radical (unpaired) electrons. The van der Waals surface area contributed by atoms with Crippen LogP contribution in [0.4, 0.5) is 0 Å². The zero-order valence-corrected chi connectivity index (χ0v) is 31.7. The Hall–Kier alpha value is -3.04. The molecule has 0 spiro atoms. The van der Waals surface area contributed by atoms with E-state index in [0.717, 1.165) is 77.0 Å². The molecule has 0 aromatic rings. The van der Waals surface area contributed by atoms with Crippen LogP contribution in [0.3, 0.4) is 0 Å². The van der Waals surface area contributed by atoms with Gasteiger partial charge in [-0.15, -0.1) is 0 Å². The lowest BCUT2D eigenvalue weighted by Crippen LogP contribution is -2.44. The van der Waals surface area contributed by atoms with Gasteiger partial charge < -0.3 is 33.7 Å². The van der Waals surface area contributed by atoms with Crippen molar-refractivity contribution in [3.63, 3.8) is 0 Å². The van der Waals surface area contributed by atoms with Crippen LogP contribution in [0.15, 0.2) is 85.1 Å². The molecule has 0 aliphatic heterocycles. The van der Waals surface area contributed by atoms with Gasteiger partial charge in [0, 0.05) is 6.42 Å². The first-order valence-corrected chi connectivity index (χ1v) is 18.8. The molecule has 50 heavy (non-hydrogen) atoms. The summed E-state index contributed by atoms with van der Waals surface area (Å²) in [5.41, 5.74) is 0. The van der Waals surface area contributed by atoms with Crippen LogP contribution in [-0.4, -0.2) is 81.4 Å². The predicted molar refractivity (Wildman–Crippen MR) is 204 cm³/mol. The number of likely N-dealkylation sites (N-methyl/N-ethyl adjacent to an activating group) is 1. The molecular formula is C42H69NO7. The number of esters is 1. The summed E-state index contributed by atoms with van der Waals surface area (Å²) in [6.45, 7) is 2.31. The van der Waals surface area contributed by atoms with E-state index >= 15 is 0 Å². The maximum atomic E-state index is 12.0. The summed E-state index contributed by atoms with van der Waals surface area (Å²) >= 11 is 0. The number of rotatable bonds is 33. The Kier molecular flexibility index (Phi) is 32.3. The highest BCUT2D eigenvalue weighted by Gasteiger charge is 2.17. The fourth-order valence-corrected chi connectivity index (χ4v) is 4.45. The first kappa shape index (κ1) is 47.0. The molecule has 0 amide bonds. The Balaban J connectivity index is 3.64. The van der Waals surface area contributed by atoms with Crippen molar-refractivity contribution in [2.24, 2.45) is 0 Å². The fraction of sp³-hybridized carbons (Fsp3) is 0.619. The predicted octanol–water partition coefficient (Wildman–Crippen LogP) is 7.86. The fourth-order valence-electron chi connectivity index (χ4n) is 4.45. The summed E-state index contributed by atoms with van der Waals surface area (Å²) in [5.74, 6) is -1.89. The van der Waals surface area contributed by atoms with Crippen LogP contribution in [0.25, 0.3) is 0 Å². The molecule has 2 unspecified atom stereocenters. The summed E-state index contributed by atoms with van der Waals surface area (Å²) in [6, 6.07) is 0. The lowest BCUT2D eigenvalue weighted by molar-refractivity contribution is -0.870. The zero-order valence-electron chi connectivity index (χ0n) is 31.7. The number of allylic oxidation sites excluding steroid dienone is 14. The minimum atomic E-state index is -1.58. The highest BCUT2D eigenvalue weighted by Crippen LogP contribution is 2.11. The number of carbonyl (C=O) groups excluding carboxylic acids is 2. The van der Waals surface area contributed by atoms with Crippen molar-refractivity contribution in [1.82, 2.24) is 0 Å². The Morgan fingerprint density at radius 3 is 1.52 bits per heavy atom. The summed E-state index contributed by atoms with van der Waals surface area (Å²) in [4.78, 5) is 23.1. The van der Waals surface area contributed by atoms with Crippen molar-refractivity contribution in [3.05, 3.63) is 85.1 Å². The number of hydrogen-bond donors (Lipinski definition) is 1. The Morgan fingerprint density at radius 2 is 1.06 bits per heavy atom. The Bertz CT molecular complexity index is 1030. The third-order valence-corrected chi connectivity index (χ3v) is 7.39. The Morgan fingerprint density at radius 1 is 0.620 bits per heavy atom. The average molecular weight is 700 g/mol. The molecule has 0 saturated heterocycles. The number of aliphatic hydroxyl groups excluding tert-OH is 1. The number of hydrogen-bond acceptors (Lipinski definition) is 7. The van der Waals surface area contributed by atoms with Crippen LogP contribution in [-0.2, 0) is 23.8 Å². The van der Waals surface area contributed by atoms with E-state index in [1.165, 1.54) is 19.3 Å². The SMILES string of the molecule is CC/C=C\C/C=C\C/C=C\C/C=C\C/C=C\C/C=C\C/C=C\CCCCCCCCCC(=O)OCC(O)COC(OCC[N+](C)(C)C)C(=O)[O-]. The van der Waals surface area contributed by atoms with Gasteiger partial charge in [-0.1, -0.05) is 124 Å². The van der Waals surface area contributed by atoms with Crippen molar-refractivity contribution < 1.29 is 38.5 Å². The van der Waals surface area contributed by atoms with Gasteiger partial charge in [0.05, 0.1) is 40.3 Å². The molecule has 1 N–H and O–H groups in total. The van der Waals surface area contributed by atoms with E-state index in [1.807, 2.05) is 21.1 Å². The molecule has 0 aliphatic carbocycles. The molecule has 0 aromatic heterocycles. The molecule has 0 heterocycles. The quantitative estimate of drug-likeness (QED) is 0.0245. The smallest absolute Gasteiger partial charge is 0.305 e. The van der Waals surface area contributed by atoms with Crippen molar-refractivity contribution in [2.45, 2.75) is 122 Å². The monoisotopic (exact) mass is 700 g/mol. The number of carboxylic acids is 1. The molecule has 0 bridgehead atoms. The second kappa shape index (κ2) is 34.4. The van der Waals surface area contributed by atoms with E-state index in [-0.39, 0.29) is 25.8 Å². The summed E-state index contributed by atoms with van der Waals surface area (Å²) in [6.07, 6.45) is 44.5. The van der Waals surface area contributed by atoms with Gasteiger partial charge in [0.1, 0.15) is 19.3 Å². The highest BCUT2D eigenvalue weighted by molar-refractivity contribution is 5.69. The van der Waals surface area contributed by atoms with Gasteiger partial charge in [0.25, 0.3) is 0 Å². The van der Waals surface area contributed by atoms with Crippen LogP contribution < -0.4 is 5.11 Å². The summed E-state index contributed by atoms with van der Waals surface area (Å²) in [5, 5.41) is 21.2. The number of aliphatic carboxylic acids is 1. The van der Waals surface area contributed by atoms with Gasteiger partial charge in [-0.05, 0) is 64.2 Å². The topological polar surface area (TPSA) is 105 Å². The lowest BCUT2D eigenvalue weighted by atomic mass is 10.1. The van der Waals surface area contributed by atoms with Crippen LogP contribution in [0.5, 0.6) is 0 Å². The van der Waals surface area contributed by atoms with Gasteiger partial charge in [-0.2, -0.15) is 0 Å². The van der Waals surface area contributed by atoms with Crippen LogP contribution in [0, 0.1) is 0 Å². The van der Waals surface area contributed by atoms with Crippen molar-refractivity contribution in [2.75, 3.05) is 47.5 Å². The van der Waals surface area contributed by atoms with E-state index in [9.17, 15) is 19.8 Å². The van der Waals surface area contributed by atoms with Crippen molar-refractivity contribution >= 4 is 11.9 Å². The first-order chi connectivity index (χ1) is 24.2. The number of nitrogens with zero attached hydrogens (tertiary/aromatic N) is 1. The summed E-state index contributed by atoms with van der Waals surface area (Å²) < 4.78 is 16.0. The minimum Gasteiger partial charge on any atom is -0.545 e. The van der Waals surface area contributed by atoms with Gasteiger partial charge in [0.15, 0.2) is 6.29 Å². The van der Waals surface area contributed by atoms with E-state index in [1.54, 1.807) is 0 Å². The van der Waals surface area contributed by atoms with Crippen LogP contribution >= 0.6 is 0 Å². The molecule has 0 saturated carbocycles. The number of carboxylic acid groups (broad SMARTS) is 1. The van der Waals surface area contributed by atoms with E-state index in [0.29, 0.717) is 17.4 Å². The van der Waals surface area contributed by atoms with E-state index < -0.39 is 18.4 Å². The number of unbranched alkanes of at least 4 members (excludes halogenated alkanes) is 7. The third kappa shape index (κ3) is 36.2. The summed E-state index contributed by atoms with van der Waals surface area (Å²) in [7, 11) is 5.86. The molecule has 0 rings (SSSR count). The lowest BCUT2D eigenvalue weighted by Gasteiger charge is -2.26. The van der Waals surface area contributed by atoms with Crippen molar-refractivity contribution in [3.8, 4) is 0 Å². The molecule has 8 heteroatoms. The van der Waals surface area contributed by atoms with E-state index in [2.05, 4.69) is 92.0 Å². The second-order valence-electron chi connectivity index (χ2n) is 13.3. The molecule has 2 atom stereocenters. The van der Waals surface area contributed by atoms with E-state index in [4.69, 9.17) is 14.2 Å². The molecule has 0 aromatic carbocycles. The van der Waals surface area contributed by atoms with Crippen LogP contribution in [0.1, 0.15) is 110 Å². The number of quaternary nitrogens is 1. The van der Waals surface area contributed by atoms with Gasteiger partial charge >= 0.3 is 5.97 Å². The number of ether oxygens (including phenoxy) is 3. The molecular weight excluding hydrogens is 630 g/mol. The van der Waals surface area contributed by atoms with Gasteiger partial charge in [-0.3, -0.25) is 4.79 Å².